The van der Waals surface area contributed by atoms with Gasteiger partial charge in [-0.05, 0) is 36.6 Å². The van der Waals surface area contributed by atoms with Gasteiger partial charge in [0.1, 0.15) is 5.82 Å². The Hall–Kier alpha value is -2.56. The number of hydrogen-bond acceptors (Lipinski definition) is 3. The van der Waals surface area contributed by atoms with E-state index in [-0.39, 0.29) is 5.69 Å². The lowest BCUT2D eigenvalue weighted by Gasteiger charge is -2.17. The highest BCUT2D eigenvalue weighted by Crippen LogP contribution is 2.20. The van der Waals surface area contributed by atoms with Crippen molar-refractivity contribution >= 4 is 16.9 Å². The Morgan fingerprint density at radius 2 is 2.09 bits per heavy atom. The molecule has 0 aliphatic carbocycles. The molecule has 0 saturated heterocycles. The first-order valence-electron chi connectivity index (χ1n) is 7.71. The first-order valence-corrected chi connectivity index (χ1v) is 7.71. The predicted octanol–water partition coefficient (Wildman–Crippen LogP) is 2.33. The fourth-order valence-electron chi connectivity index (χ4n) is 3.06. The van der Waals surface area contributed by atoms with Crippen LogP contribution in [0.2, 0.25) is 0 Å². The molecule has 5 nitrogen and oxygen atoms in total. The number of imidazole rings is 1. The average molecular weight is 294 g/mol. The first kappa shape index (κ1) is 13.1. The van der Waals surface area contributed by atoms with Gasteiger partial charge in [-0.1, -0.05) is 18.2 Å². The maximum absolute atomic E-state index is 12.1. The minimum Gasteiger partial charge on any atom is -0.370 e. The number of rotatable bonds is 3. The number of aryl methyl sites for hydroxylation is 3. The zero-order valence-electron chi connectivity index (χ0n) is 12.3. The number of nitrogens with zero attached hydrogens (tertiary/aromatic N) is 2. The summed E-state index contributed by atoms with van der Waals surface area (Å²) in [5.41, 5.74) is 4.08. The fourth-order valence-corrected chi connectivity index (χ4v) is 3.06. The molecule has 112 valence electrons. The zero-order valence-corrected chi connectivity index (χ0v) is 12.3. The molecule has 1 aliphatic rings. The molecule has 0 spiro atoms. The van der Waals surface area contributed by atoms with Crippen LogP contribution in [0.4, 0.5) is 5.82 Å². The average Bonchev–Trinajstić information content (AvgIpc) is 2.88. The molecule has 0 amide bonds. The van der Waals surface area contributed by atoms with Crippen molar-refractivity contribution in [2.45, 2.75) is 25.8 Å². The van der Waals surface area contributed by atoms with Crippen LogP contribution in [0.5, 0.6) is 0 Å². The number of H-pyrrole nitrogens is 1. The van der Waals surface area contributed by atoms with Crippen LogP contribution in [0.25, 0.3) is 11.0 Å². The quantitative estimate of drug-likeness (QED) is 0.779. The summed E-state index contributed by atoms with van der Waals surface area (Å²) in [5, 5.41) is 3.35. The van der Waals surface area contributed by atoms with E-state index in [0.717, 1.165) is 41.9 Å². The van der Waals surface area contributed by atoms with E-state index < -0.39 is 0 Å². The van der Waals surface area contributed by atoms with Gasteiger partial charge in [0, 0.05) is 25.2 Å². The van der Waals surface area contributed by atoms with Crippen molar-refractivity contribution in [1.82, 2.24) is 14.5 Å². The maximum Gasteiger partial charge on any atom is 0.326 e. The predicted molar refractivity (Wildman–Crippen MR) is 87.3 cm³/mol. The summed E-state index contributed by atoms with van der Waals surface area (Å²) in [7, 11) is 0. The van der Waals surface area contributed by atoms with Crippen LogP contribution in [0.1, 0.15) is 17.7 Å². The third kappa shape index (κ3) is 2.28. The van der Waals surface area contributed by atoms with E-state index in [9.17, 15) is 4.79 Å². The van der Waals surface area contributed by atoms with Crippen molar-refractivity contribution in [1.29, 1.82) is 0 Å². The second-order valence-corrected chi connectivity index (χ2v) is 5.69. The molecule has 22 heavy (non-hydrogen) atoms. The Bertz CT molecular complexity index is 878. The topological polar surface area (TPSA) is 62.7 Å². The monoisotopic (exact) mass is 294 g/mol. The van der Waals surface area contributed by atoms with Crippen LogP contribution in [-0.2, 0) is 19.4 Å². The highest BCUT2D eigenvalue weighted by molar-refractivity contribution is 5.74. The summed E-state index contributed by atoms with van der Waals surface area (Å²) >= 11 is 0. The summed E-state index contributed by atoms with van der Waals surface area (Å²) in [6.07, 6.45) is 3.01. The van der Waals surface area contributed by atoms with E-state index in [0.29, 0.717) is 6.54 Å². The molecule has 4 rings (SSSR count). The number of benzene rings is 1. The Kier molecular flexibility index (Phi) is 3.18. The van der Waals surface area contributed by atoms with Crippen LogP contribution < -0.4 is 11.0 Å². The normalized spacial score (nSPS) is 13.8. The molecule has 0 radical (unpaired) electrons. The van der Waals surface area contributed by atoms with Gasteiger partial charge in [0.2, 0.25) is 0 Å². The van der Waals surface area contributed by atoms with Gasteiger partial charge in [-0.3, -0.25) is 4.57 Å². The highest BCUT2D eigenvalue weighted by Gasteiger charge is 2.11. The van der Waals surface area contributed by atoms with Gasteiger partial charge in [0.25, 0.3) is 0 Å². The van der Waals surface area contributed by atoms with Gasteiger partial charge in [-0.2, -0.15) is 0 Å². The van der Waals surface area contributed by atoms with Crippen LogP contribution in [0, 0.1) is 0 Å². The molecule has 0 unspecified atom stereocenters. The second-order valence-electron chi connectivity index (χ2n) is 5.69. The lowest BCUT2D eigenvalue weighted by molar-refractivity contribution is 0.679. The maximum atomic E-state index is 12.1. The largest absolute Gasteiger partial charge is 0.370 e. The van der Waals surface area contributed by atoms with Crippen molar-refractivity contribution in [3.05, 3.63) is 58.1 Å². The molecule has 3 aromatic rings. The third-order valence-electron chi connectivity index (χ3n) is 4.22. The third-order valence-corrected chi connectivity index (χ3v) is 4.22. The zero-order chi connectivity index (χ0) is 14.9. The van der Waals surface area contributed by atoms with Crippen molar-refractivity contribution in [3.63, 3.8) is 0 Å². The summed E-state index contributed by atoms with van der Waals surface area (Å²) in [6.45, 7) is 1.62. The molecular weight excluding hydrogens is 276 g/mol. The smallest absolute Gasteiger partial charge is 0.326 e. The summed E-state index contributed by atoms with van der Waals surface area (Å²) in [4.78, 5) is 19.6. The van der Waals surface area contributed by atoms with Crippen LogP contribution in [0.3, 0.4) is 0 Å². The van der Waals surface area contributed by atoms with E-state index in [1.165, 1.54) is 12.0 Å². The molecule has 0 bridgehead atoms. The molecule has 0 atom stereocenters. The first-order chi connectivity index (χ1) is 10.8. The van der Waals surface area contributed by atoms with E-state index in [1.807, 2.05) is 24.3 Å². The number of para-hydroxylation sites is 2. The second kappa shape index (κ2) is 5.33. The van der Waals surface area contributed by atoms with E-state index in [1.54, 1.807) is 4.57 Å². The van der Waals surface area contributed by atoms with Crippen LogP contribution in [0.15, 0.2) is 41.2 Å². The number of aromatic nitrogens is 3. The van der Waals surface area contributed by atoms with Crippen LogP contribution in [-0.4, -0.2) is 21.1 Å². The minimum absolute atomic E-state index is 0.0581. The Morgan fingerprint density at radius 1 is 1.18 bits per heavy atom. The van der Waals surface area contributed by atoms with Gasteiger partial charge >= 0.3 is 5.69 Å². The molecule has 2 N–H and O–H groups in total. The van der Waals surface area contributed by atoms with Gasteiger partial charge in [-0.25, -0.2) is 9.78 Å². The highest BCUT2D eigenvalue weighted by atomic mass is 16.1. The van der Waals surface area contributed by atoms with Gasteiger partial charge in [-0.15, -0.1) is 0 Å². The van der Waals surface area contributed by atoms with Crippen molar-refractivity contribution in [2.75, 3.05) is 11.9 Å². The Balaban J connectivity index is 1.59. The number of pyridine rings is 1. The standard InChI is InChI=1S/C17H18N4O/c22-17-20-14-5-1-2-6-15(14)21(17)11-9-13-8-7-12-4-3-10-18-16(12)19-13/h1-2,5-8H,3-4,9-11H2,(H,18,19)(H,20,22). The Labute approximate surface area is 128 Å². The van der Waals surface area contributed by atoms with Gasteiger partial charge in [0.05, 0.1) is 11.0 Å². The molecule has 1 aromatic carbocycles. The van der Waals surface area contributed by atoms with Gasteiger partial charge in [0.15, 0.2) is 0 Å². The number of aromatic amines is 1. The summed E-state index contributed by atoms with van der Waals surface area (Å²) < 4.78 is 1.78. The van der Waals surface area contributed by atoms with Crippen LogP contribution >= 0.6 is 0 Å². The lowest BCUT2D eigenvalue weighted by Crippen LogP contribution is -2.19. The van der Waals surface area contributed by atoms with Crippen molar-refractivity contribution in [2.24, 2.45) is 0 Å². The molecule has 0 fully saturated rings. The van der Waals surface area contributed by atoms with E-state index in [4.69, 9.17) is 0 Å². The van der Waals surface area contributed by atoms with Crippen molar-refractivity contribution < 1.29 is 0 Å². The SMILES string of the molecule is O=c1[nH]c2ccccc2n1CCc1ccc2c(n1)NCCC2. The Morgan fingerprint density at radius 3 is 3.05 bits per heavy atom. The van der Waals surface area contributed by atoms with Gasteiger partial charge < -0.3 is 10.3 Å². The number of anilines is 1. The number of fused-ring (bicyclic) bond motifs is 2. The number of hydrogen-bond donors (Lipinski definition) is 2. The molecule has 3 heterocycles. The minimum atomic E-state index is -0.0581. The molecule has 0 saturated carbocycles. The van der Waals surface area contributed by atoms with Crippen molar-refractivity contribution in [3.8, 4) is 0 Å². The molecule has 5 heteroatoms. The molecule has 1 aliphatic heterocycles. The fraction of sp³-hybridized carbons (Fsp3) is 0.294. The summed E-state index contributed by atoms with van der Waals surface area (Å²) in [5.74, 6) is 1.01. The van der Waals surface area contributed by atoms with E-state index in [2.05, 4.69) is 27.4 Å². The number of nitrogens with one attached hydrogen (secondary N) is 2. The van der Waals surface area contributed by atoms with E-state index >= 15 is 0 Å². The summed E-state index contributed by atoms with van der Waals surface area (Å²) in [6, 6.07) is 12.0. The molecule has 2 aromatic heterocycles. The lowest BCUT2D eigenvalue weighted by atomic mass is 10.1. The molecular formula is C17H18N4O.